The van der Waals surface area contributed by atoms with E-state index in [9.17, 15) is 4.79 Å². The van der Waals surface area contributed by atoms with Gasteiger partial charge in [0.25, 0.3) is 0 Å². The van der Waals surface area contributed by atoms with Crippen molar-refractivity contribution in [3.63, 3.8) is 0 Å². The molecule has 2 aliphatic rings. The number of likely N-dealkylation sites (tertiary alicyclic amines) is 1. The molecule has 1 aromatic carbocycles. The van der Waals surface area contributed by atoms with Crippen LogP contribution in [0.15, 0.2) is 18.2 Å². The second kappa shape index (κ2) is 7.21. The summed E-state index contributed by atoms with van der Waals surface area (Å²) in [5.41, 5.74) is 2.52. The Labute approximate surface area is 151 Å². The third-order valence-electron chi connectivity index (χ3n) is 5.18. The van der Waals surface area contributed by atoms with Gasteiger partial charge in [0.1, 0.15) is 5.52 Å². The first-order valence-electron chi connectivity index (χ1n) is 8.88. The van der Waals surface area contributed by atoms with Gasteiger partial charge in [-0.15, -0.1) is 5.10 Å². The van der Waals surface area contributed by atoms with E-state index in [1.165, 1.54) is 24.6 Å². The second-order valence-electron chi connectivity index (χ2n) is 6.71. The first-order chi connectivity index (χ1) is 12.2. The normalized spacial score (nSPS) is 20.1. The Bertz CT molecular complexity index is 749. The van der Waals surface area contributed by atoms with Crippen LogP contribution in [0.2, 0.25) is 0 Å². The molecule has 2 saturated heterocycles. The minimum atomic E-state index is -0.0177. The lowest BCUT2D eigenvalue weighted by Gasteiger charge is -2.40. The van der Waals surface area contributed by atoms with Crippen molar-refractivity contribution in [1.82, 2.24) is 24.8 Å². The van der Waals surface area contributed by atoms with E-state index in [0.717, 1.165) is 42.7 Å². The second-order valence-corrected chi connectivity index (χ2v) is 7.94. The summed E-state index contributed by atoms with van der Waals surface area (Å²) in [4.78, 5) is 17.1. The van der Waals surface area contributed by atoms with Crippen LogP contribution in [0.4, 0.5) is 10.5 Å². The predicted octanol–water partition coefficient (Wildman–Crippen LogP) is 2.01. The summed E-state index contributed by atoms with van der Waals surface area (Å²) < 4.78 is 1.73. The molecule has 1 aromatic heterocycles. The zero-order chi connectivity index (χ0) is 17.2. The highest BCUT2D eigenvalue weighted by molar-refractivity contribution is 7.99. The molecule has 7 nitrogen and oxygen atoms in total. The molecule has 4 rings (SSSR count). The minimum absolute atomic E-state index is 0.0177. The highest BCUT2D eigenvalue weighted by atomic mass is 32.2. The van der Waals surface area contributed by atoms with Gasteiger partial charge >= 0.3 is 6.03 Å². The van der Waals surface area contributed by atoms with Crippen LogP contribution in [-0.4, -0.2) is 74.6 Å². The largest absolute Gasteiger partial charge is 0.324 e. The first-order valence-corrected chi connectivity index (χ1v) is 10.0. The Morgan fingerprint density at radius 3 is 2.72 bits per heavy atom. The number of anilines is 1. The van der Waals surface area contributed by atoms with E-state index in [2.05, 4.69) is 20.5 Å². The number of rotatable bonds is 2. The molecule has 0 saturated carbocycles. The molecule has 25 heavy (non-hydrogen) atoms. The molecule has 0 spiro atoms. The number of aryl methyl sites for hydroxylation is 1. The highest BCUT2D eigenvalue weighted by Crippen LogP contribution is 2.22. The Hall–Kier alpha value is -1.80. The van der Waals surface area contributed by atoms with Gasteiger partial charge in [0.05, 0.1) is 5.52 Å². The van der Waals surface area contributed by atoms with Gasteiger partial charge in [-0.2, -0.15) is 11.8 Å². The summed E-state index contributed by atoms with van der Waals surface area (Å²) in [5.74, 6) is 2.48. The Kier molecular flexibility index (Phi) is 4.80. The van der Waals surface area contributed by atoms with Crippen molar-refractivity contribution < 1.29 is 4.79 Å². The lowest BCUT2D eigenvalue weighted by Crippen LogP contribution is -2.49. The fraction of sp³-hybridized carbons (Fsp3) is 0.588. The summed E-state index contributed by atoms with van der Waals surface area (Å²) in [6.07, 6.45) is 2.14. The van der Waals surface area contributed by atoms with E-state index in [-0.39, 0.29) is 6.03 Å². The maximum absolute atomic E-state index is 12.5. The van der Waals surface area contributed by atoms with Crippen LogP contribution < -0.4 is 5.32 Å². The predicted molar refractivity (Wildman–Crippen MR) is 101 cm³/mol. The molecule has 3 heterocycles. The number of nitrogens with one attached hydrogen (secondary N) is 1. The molecule has 0 atom stereocenters. The fourth-order valence-corrected chi connectivity index (χ4v) is 4.63. The number of fused-ring (bicyclic) bond motifs is 1. The number of carbonyl (C=O) groups excluding carboxylic acids is 1. The number of hydrogen-bond acceptors (Lipinski definition) is 5. The van der Waals surface area contributed by atoms with Crippen molar-refractivity contribution in [2.75, 3.05) is 43.0 Å². The number of thioether (sulfide) groups is 1. The third kappa shape index (κ3) is 3.59. The zero-order valence-electron chi connectivity index (χ0n) is 14.5. The topological polar surface area (TPSA) is 66.3 Å². The van der Waals surface area contributed by atoms with Gasteiger partial charge in [-0.25, -0.2) is 9.48 Å². The van der Waals surface area contributed by atoms with E-state index in [4.69, 9.17) is 0 Å². The molecule has 0 aliphatic carbocycles. The molecule has 8 heteroatoms. The number of aromatic nitrogens is 3. The summed E-state index contributed by atoms with van der Waals surface area (Å²) in [6.45, 7) is 4.04. The molecule has 0 radical (unpaired) electrons. The number of piperidine rings is 1. The van der Waals surface area contributed by atoms with Crippen LogP contribution in [0.1, 0.15) is 12.8 Å². The molecular formula is C17H24N6OS. The van der Waals surface area contributed by atoms with Crippen LogP contribution in [0.3, 0.4) is 0 Å². The van der Waals surface area contributed by atoms with Gasteiger partial charge < -0.3 is 10.2 Å². The minimum Gasteiger partial charge on any atom is -0.324 e. The molecule has 2 aromatic rings. The SMILES string of the molecule is Cn1nnc2cc(NC(=O)N3CCC(N4CCSCC4)CC3)ccc21. The number of benzene rings is 1. The van der Waals surface area contributed by atoms with Gasteiger partial charge in [0.15, 0.2) is 0 Å². The maximum Gasteiger partial charge on any atom is 0.321 e. The van der Waals surface area contributed by atoms with E-state index >= 15 is 0 Å². The lowest BCUT2D eigenvalue weighted by atomic mass is 10.0. The molecule has 134 valence electrons. The summed E-state index contributed by atoms with van der Waals surface area (Å²) in [7, 11) is 1.86. The van der Waals surface area contributed by atoms with Gasteiger partial charge in [-0.05, 0) is 31.0 Å². The van der Waals surface area contributed by atoms with Crippen molar-refractivity contribution in [2.45, 2.75) is 18.9 Å². The average Bonchev–Trinajstić information content (AvgIpc) is 3.03. The number of carbonyl (C=O) groups is 1. The van der Waals surface area contributed by atoms with Gasteiger partial charge in [0.2, 0.25) is 0 Å². The van der Waals surface area contributed by atoms with Crippen molar-refractivity contribution in [3.05, 3.63) is 18.2 Å². The lowest BCUT2D eigenvalue weighted by molar-refractivity contribution is 0.130. The summed E-state index contributed by atoms with van der Waals surface area (Å²) in [5, 5.41) is 11.1. The molecule has 2 aliphatic heterocycles. The standard InChI is InChI=1S/C17H24N6OS/c1-21-16-3-2-13(12-15(16)19-20-21)18-17(24)23-6-4-14(5-7-23)22-8-10-25-11-9-22/h2-3,12,14H,4-11H2,1H3,(H,18,24). The number of hydrogen-bond donors (Lipinski definition) is 1. The Morgan fingerprint density at radius 2 is 1.96 bits per heavy atom. The van der Waals surface area contributed by atoms with Crippen molar-refractivity contribution >= 4 is 34.5 Å². The number of urea groups is 1. The zero-order valence-corrected chi connectivity index (χ0v) is 15.3. The number of amides is 2. The summed E-state index contributed by atoms with van der Waals surface area (Å²) in [6, 6.07) is 6.34. The van der Waals surface area contributed by atoms with Gasteiger partial charge in [-0.3, -0.25) is 4.90 Å². The van der Waals surface area contributed by atoms with Gasteiger partial charge in [-0.1, -0.05) is 5.21 Å². The van der Waals surface area contributed by atoms with Crippen molar-refractivity contribution in [3.8, 4) is 0 Å². The maximum atomic E-state index is 12.5. The van der Waals surface area contributed by atoms with Crippen molar-refractivity contribution in [1.29, 1.82) is 0 Å². The quantitative estimate of drug-likeness (QED) is 0.887. The molecule has 0 unspecified atom stereocenters. The Morgan fingerprint density at radius 1 is 1.20 bits per heavy atom. The smallest absolute Gasteiger partial charge is 0.321 e. The molecule has 1 N–H and O–H groups in total. The van der Waals surface area contributed by atoms with E-state index < -0.39 is 0 Å². The molecule has 2 amide bonds. The monoisotopic (exact) mass is 360 g/mol. The van der Waals surface area contributed by atoms with Crippen LogP contribution in [0, 0.1) is 0 Å². The van der Waals surface area contributed by atoms with Crippen molar-refractivity contribution in [2.24, 2.45) is 7.05 Å². The van der Waals surface area contributed by atoms with E-state index in [1.54, 1.807) is 4.68 Å². The van der Waals surface area contributed by atoms with Crippen LogP contribution in [0.25, 0.3) is 11.0 Å². The van der Waals surface area contributed by atoms with Crippen LogP contribution in [-0.2, 0) is 7.05 Å². The molecule has 0 bridgehead atoms. The molecular weight excluding hydrogens is 336 g/mol. The summed E-state index contributed by atoms with van der Waals surface area (Å²) >= 11 is 2.04. The number of nitrogens with zero attached hydrogens (tertiary/aromatic N) is 5. The fourth-order valence-electron chi connectivity index (χ4n) is 3.70. The average molecular weight is 360 g/mol. The van der Waals surface area contributed by atoms with E-state index in [0.29, 0.717) is 6.04 Å². The van der Waals surface area contributed by atoms with E-state index in [1.807, 2.05) is 41.9 Å². The Balaban J connectivity index is 1.33. The highest BCUT2D eigenvalue weighted by Gasteiger charge is 2.27. The third-order valence-corrected chi connectivity index (χ3v) is 6.12. The molecule has 2 fully saturated rings. The van der Waals surface area contributed by atoms with Crippen LogP contribution in [0.5, 0.6) is 0 Å². The van der Waals surface area contributed by atoms with Gasteiger partial charge in [0, 0.05) is 56.5 Å². The first kappa shape index (κ1) is 16.7. The van der Waals surface area contributed by atoms with Crippen LogP contribution >= 0.6 is 11.8 Å².